The fourth-order valence-corrected chi connectivity index (χ4v) is 4.22. The number of anilines is 2. The van der Waals surface area contributed by atoms with Crippen LogP contribution in [0.4, 0.5) is 11.4 Å². The van der Waals surface area contributed by atoms with E-state index in [9.17, 15) is 9.59 Å². The first kappa shape index (κ1) is 18.7. The highest BCUT2D eigenvalue weighted by Crippen LogP contribution is 2.33. The molecule has 1 aliphatic heterocycles. The van der Waals surface area contributed by atoms with E-state index in [-0.39, 0.29) is 17.7 Å². The Kier molecular flexibility index (Phi) is 5.72. The standard InChI is InChI=1S/C23H27N3O2/c27-22(16-26-14-4-1-5-15-26)24-18-9-11-19(12-10-18)25-23(28)21-13-8-17-6-2-3-7-20(17)21/h2-3,6-7,9-12,21H,1,4-5,8,13-16H2,(H,24,27)(H,25,28). The summed E-state index contributed by atoms with van der Waals surface area (Å²) in [6.45, 7) is 2.45. The summed E-state index contributed by atoms with van der Waals surface area (Å²) < 4.78 is 0. The molecule has 4 rings (SSSR count). The number of nitrogens with zero attached hydrogens (tertiary/aromatic N) is 1. The summed E-state index contributed by atoms with van der Waals surface area (Å²) in [5, 5.41) is 5.96. The third-order valence-corrected chi connectivity index (χ3v) is 5.70. The van der Waals surface area contributed by atoms with Gasteiger partial charge in [0.2, 0.25) is 11.8 Å². The number of carbonyl (C=O) groups excluding carboxylic acids is 2. The average Bonchev–Trinajstić information content (AvgIpc) is 3.14. The van der Waals surface area contributed by atoms with E-state index < -0.39 is 0 Å². The minimum atomic E-state index is -0.0832. The van der Waals surface area contributed by atoms with Gasteiger partial charge in [-0.15, -0.1) is 0 Å². The summed E-state index contributed by atoms with van der Waals surface area (Å²) in [6.07, 6.45) is 5.42. The van der Waals surface area contributed by atoms with Crippen molar-refractivity contribution in [1.29, 1.82) is 0 Å². The Morgan fingerprint density at radius 1 is 0.893 bits per heavy atom. The van der Waals surface area contributed by atoms with Crippen LogP contribution in [0.15, 0.2) is 48.5 Å². The molecule has 5 nitrogen and oxygen atoms in total. The molecule has 2 amide bonds. The molecule has 1 aliphatic carbocycles. The molecule has 2 aromatic carbocycles. The minimum absolute atomic E-state index is 0.0150. The molecule has 0 bridgehead atoms. The topological polar surface area (TPSA) is 61.4 Å². The zero-order chi connectivity index (χ0) is 19.3. The van der Waals surface area contributed by atoms with Crippen LogP contribution in [0, 0.1) is 0 Å². The molecule has 0 saturated carbocycles. The lowest BCUT2D eigenvalue weighted by Gasteiger charge is -2.25. The molecule has 2 aliphatic rings. The molecule has 1 fully saturated rings. The monoisotopic (exact) mass is 377 g/mol. The van der Waals surface area contributed by atoms with Crippen LogP contribution in [0.25, 0.3) is 0 Å². The normalized spacial score (nSPS) is 19.1. The van der Waals surface area contributed by atoms with Crippen LogP contribution in [-0.4, -0.2) is 36.3 Å². The van der Waals surface area contributed by atoms with Gasteiger partial charge in [-0.05, 0) is 74.2 Å². The SMILES string of the molecule is O=C(CN1CCCCC1)Nc1ccc(NC(=O)C2CCc3ccccc32)cc1. The molecule has 0 radical (unpaired) electrons. The summed E-state index contributed by atoms with van der Waals surface area (Å²) in [5.74, 6) is -0.0341. The molecular formula is C23H27N3O2. The van der Waals surface area contributed by atoms with E-state index in [0.29, 0.717) is 6.54 Å². The van der Waals surface area contributed by atoms with Crippen LogP contribution in [0.3, 0.4) is 0 Å². The van der Waals surface area contributed by atoms with Crippen molar-refractivity contribution in [3.63, 3.8) is 0 Å². The Balaban J connectivity index is 1.31. The Morgan fingerprint density at radius 3 is 2.32 bits per heavy atom. The second-order valence-electron chi connectivity index (χ2n) is 7.74. The van der Waals surface area contributed by atoms with E-state index >= 15 is 0 Å². The van der Waals surface area contributed by atoms with Crippen molar-refractivity contribution in [2.75, 3.05) is 30.3 Å². The zero-order valence-electron chi connectivity index (χ0n) is 16.1. The van der Waals surface area contributed by atoms with Crippen LogP contribution in [0.5, 0.6) is 0 Å². The molecule has 2 aromatic rings. The summed E-state index contributed by atoms with van der Waals surface area (Å²) in [5.41, 5.74) is 3.92. The van der Waals surface area contributed by atoms with Crippen LogP contribution in [0.2, 0.25) is 0 Å². The number of piperidine rings is 1. The van der Waals surface area contributed by atoms with E-state index in [2.05, 4.69) is 21.6 Å². The second kappa shape index (κ2) is 8.57. The first-order chi connectivity index (χ1) is 13.7. The van der Waals surface area contributed by atoms with Gasteiger partial charge in [0.15, 0.2) is 0 Å². The smallest absolute Gasteiger partial charge is 0.238 e. The fraction of sp³-hybridized carbons (Fsp3) is 0.391. The number of likely N-dealkylation sites (tertiary alicyclic amines) is 1. The maximum absolute atomic E-state index is 12.7. The van der Waals surface area contributed by atoms with E-state index in [1.807, 2.05) is 42.5 Å². The van der Waals surface area contributed by atoms with Gasteiger partial charge in [0.05, 0.1) is 12.5 Å². The summed E-state index contributed by atoms with van der Waals surface area (Å²) >= 11 is 0. The molecule has 1 atom stereocenters. The van der Waals surface area contributed by atoms with Gasteiger partial charge in [0.1, 0.15) is 0 Å². The highest BCUT2D eigenvalue weighted by molar-refractivity contribution is 5.97. The molecule has 1 heterocycles. The molecule has 146 valence electrons. The first-order valence-corrected chi connectivity index (χ1v) is 10.2. The van der Waals surface area contributed by atoms with Gasteiger partial charge in [-0.25, -0.2) is 0 Å². The van der Waals surface area contributed by atoms with E-state index in [4.69, 9.17) is 0 Å². The lowest BCUT2D eigenvalue weighted by molar-refractivity contribution is -0.118. The third kappa shape index (κ3) is 4.42. The minimum Gasteiger partial charge on any atom is -0.326 e. The number of fused-ring (bicyclic) bond motifs is 1. The van der Waals surface area contributed by atoms with Gasteiger partial charge in [-0.3, -0.25) is 14.5 Å². The number of hydrogen-bond acceptors (Lipinski definition) is 3. The van der Waals surface area contributed by atoms with Crippen molar-refractivity contribution in [2.45, 2.75) is 38.0 Å². The van der Waals surface area contributed by atoms with E-state index in [1.54, 1.807) is 0 Å². The van der Waals surface area contributed by atoms with Crippen LogP contribution in [0.1, 0.15) is 42.7 Å². The molecule has 0 spiro atoms. The van der Waals surface area contributed by atoms with Crippen molar-refractivity contribution in [3.05, 3.63) is 59.7 Å². The van der Waals surface area contributed by atoms with Crippen molar-refractivity contribution >= 4 is 23.2 Å². The van der Waals surface area contributed by atoms with Gasteiger partial charge in [-0.1, -0.05) is 30.7 Å². The number of hydrogen-bond donors (Lipinski definition) is 2. The van der Waals surface area contributed by atoms with Crippen molar-refractivity contribution in [2.24, 2.45) is 0 Å². The van der Waals surface area contributed by atoms with Crippen molar-refractivity contribution < 1.29 is 9.59 Å². The molecule has 5 heteroatoms. The van der Waals surface area contributed by atoms with Crippen molar-refractivity contribution in [1.82, 2.24) is 4.90 Å². The lowest BCUT2D eigenvalue weighted by atomic mass is 10.0. The number of rotatable bonds is 5. The number of nitrogens with one attached hydrogen (secondary N) is 2. The molecule has 28 heavy (non-hydrogen) atoms. The molecule has 1 unspecified atom stereocenters. The highest BCUT2D eigenvalue weighted by Gasteiger charge is 2.28. The largest absolute Gasteiger partial charge is 0.326 e. The summed E-state index contributed by atoms with van der Waals surface area (Å²) in [4.78, 5) is 27.1. The zero-order valence-corrected chi connectivity index (χ0v) is 16.1. The Labute approximate surface area is 166 Å². The number of aryl methyl sites for hydroxylation is 1. The van der Waals surface area contributed by atoms with Crippen LogP contribution in [-0.2, 0) is 16.0 Å². The Bertz CT molecular complexity index is 841. The maximum atomic E-state index is 12.7. The predicted octanol–water partition coefficient (Wildman–Crippen LogP) is 3.78. The van der Waals surface area contributed by atoms with Gasteiger partial charge in [0, 0.05) is 11.4 Å². The van der Waals surface area contributed by atoms with E-state index in [1.165, 1.54) is 24.8 Å². The molecule has 1 saturated heterocycles. The highest BCUT2D eigenvalue weighted by atomic mass is 16.2. The van der Waals surface area contributed by atoms with Crippen molar-refractivity contribution in [3.8, 4) is 0 Å². The second-order valence-corrected chi connectivity index (χ2v) is 7.74. The fourth-order valence-electron chi connectivity index (χ4n) is 4.22. The van der Waals surface area contributed by atoms with Gasteiger partial charge >= 0.3 is 0 Å². The molecular weight excluding hydrogens is 350 g/mol. The third-order valence-electron chi connectivity index (χ3n) is 5.70. The lowest BCUT2D eigenvalue weighted by Crippen LogP contribution is -2.36. The molecule has 0 aromatic heterocycles. The average molecular weight is 377 g/mol. The Hall–Kier alpha value is -2.66. The predicted molar refractivity (Wildman–Crippen MR) is 111 cm³/mol. The van der Waals surface area contributed by atoms with Gasteiger partial charge < -0.3 is 10.6 Å². The number of amides is 2. The van der Waals surface area contributed by atoms with Crippen LogP contribution < -0.4 is 10.6 Å². The van der Waals surface area contributed by atoms with Crippen LogP contribution >= 0.6 is 0 Å². The quantitative estimate of drug-likeness (QED) is 0.834. The summed E-state index contributed by atoms with van der Waals surface area (Å²) in [7, 11) is 0. The molecule has 2 N–H and O–H groups in total. The summed E-state index contributed by atoms with van der Waals surface area (Å²) in [6, 6.07) is 15.5. The van der Waals surface area contributed by atoms with Gasteiger partial charge in [-0.2, -0.15) is 0 Å². The maximum Gasteiger partial charge on any atom is 0.238 e. The number of carbonyl (C=O) groups is 2. The van der Waals surface area contributed by atoms with E-state index in [0.717, 1.165) is 42.9 Å². The first-order valence-electron chi connectivity index (χ1n) is 10.2. The number of benzene rings is 2. The van der Waals surface area contributed by atoms with Gasteiger partial charge in [0.25, 0.3) is 0 Å². The Morgan fingerprint density at radius 2 is 1.57 bits per heavy atom.